The summed E-state index contributed by atoms with van der Waals surface area (Å²) in [6, 6.07) is 3.63. The SMILES string of the molecule is COc1cc(C(O)C2(COC=O)CCC2)c2nc(Cl)sc2c1. The Balaban J connectivity index is 2.05. The van der Waals surface area contributed by atoms with Crippen LogP contribution in [0.15, 0.2) is 12.1 Å². The van der Waals surface area contributed by atoms with E-state index < -0.39 is 11.5 Å². The molecule has 1 aliphatic rings. The molecule has 0 saturated heterocycles. The molecule has 0 spiro atoms. The number of methoxy groups -OCH3 is 1. The largest absolute Gasteiger partial charge is 0.497 e. The summed E-state index contributed by atoms with van der Waals surface area (Å²) in [5.74, 6) is 0.646. The van der Waals surface area contributed by atoms with Crippen LogP contribution in [0.5, 0.6) is 5.75 Å². The summed E-state index contributed by atoms with van der Waals surface area (Å²) in [7, 11) is 1.58. The number of thiazole rings is 1. The first-order valence-corrected chi connectivity index (χ1v) is 8.16. The first kappa shape index (κ1) is 15.5. The summed E-state index contributed by atoms with van der Waals surface area (Å²) in [6.45, 7) is 0.627. The lowest BCUT2D eigenvalue weighted by Gasteiger charge is -2.44. The van der Waals surface area contributed by atoms with Crippen molar-refractivity contribution in [3.8, 4) is 5.75 Å². The van der Waals surface area contributed by atoms with Crippen molar-refractivity contribution in [3.63, 3.8) is 0 Å². The summed E-state index contributed by atoms with van der Waals surface area (Å²) in [6.07, 6.45) is 1.83. The first-order chi connectivity index (χ1) is 10.6. The Morgan fingerprint density at radius 3 is 2.91 bits per heavy atom. The average Bonchev–Trinajstić information content (AvgIpc) is 2.84. The highest BCUT2D eigenvalue weighted by Gasteiger charge is 2.46. The van der Waals surface area contributed by atoms with Crippen LogP contribution in [0.1, 0.15) is 30.9 Å². The van der Waals surface area contributed by atoms with E-state index in [1.165, 1.54) is 11.3 Å². The highest BCUT2D eigenvalue weighted by Crippen LogP contribution is 2.52. The minimum Gasteiger partial charge on any atom is -0.497 e. The molecule has 2 aromatic rings. The van der Waals surface area contributed by atoms with Gasteiger partial charge < -0.3 is 14.6 Å². The quantitative estimate of drug-likeness (QED) is 0.816. The monoisotopic (exact) mass is 341 g/mol. The molecule has 1 fully saturated rings. The Bertz CT molecular complexity index is 698. The predicted octanol–water partition coefficient (Wildman–Crippen LogP) is 3.34. The molecule has 118 valence electrons. The van der Waals surface area contributed by atoms with Crippen LogP contribution in [0, 0.1) is 5.41 Å². The van der Waals surface area contributed by atoms with Crippen molar-refractivity contribution in [2.75, 3.05) is 13.7 Å². The number of carbonyl (C=O) groups is 1. The fraction of sp³-hybridized carbons (Fsp3) is 0.467. The number of nitrogens with zero attached hydrogens (tertiary/aromatic N) is 1. The van der Waals surface area contributed by atoms with Crippen LogP contribution in [0.2, 0.25) is 4.47 Å². The number of halogens is 1. The highest BCUT2D eigenvalue weighted by atomic mass is 35.5. The highest BCUT2D eigenvalue weighted by molar-refractivity contribution is 7.22. The molecule has 22 heavy (non-hydrogen) atoms. The second kappa shape index (κ2) is 6.02. The lowest BCUT2D eigenvalue weighted by molar-refractivity contribution is -0.141. The topological polar surface area (TPSA) is 68.7 Å². The van der Waals surface area contributed by atoms with Gasteiger partial charge in [0.25, 0.3) is 6.47 Å². The van der Waals surface area contributed by atoms with Crippen LogP contribution < -0.4 is 4.74 Å². The Morgan fingerprint density at radius 2 is 2.32 bits per heavy atom. The van der Waals surface area contributed by atoms with Crippen LogP contribution in [0.3, 0.4) is 0 Å². The molecule has 1 aromatic carbocycles. The number of carbonyl (C=O) groups excluding carboxylic acids is 1. The number of benzene rings is 1. The summed E-state index contributed by atoms with van der Waals surface area (Å²) in [5.41, 5.74) is 0.906. The van der Waals surface area contributed by atoms with Gasteiger partial charge in [-0.15, -0.1) is 11.3 Å². The molecule has 0 aliphatic heterocycles. The van der Waals surface area contributed by atoms with Crippen LogP contribution >= 0.6 is 22.9 Å². The summed E-state index contributed by atoms with van der Waals surface area (Å²) in [5, 5.41) is 10.9. The Labute approximate surface area is 136 Å². The van der Waals surface area contributed by atoms with E-state index in [9.17, 15) is 9.90 Å². The van der Waals surface area contributed by atoms with E-state index in [0.717, 1.165) is 24.0 Å². The van der Waals surface area contributed by atoms with Gasteiger partial charge in [-0.05, 0) is 25.0 Å². The van der Waals surface area contributed by atoms with Gasteiger partial charge in [-0.3, -0.25) is 4.79 Å². The van der Waals surface area contributed by atoms with Gasteiger partial charge in [-0.2, -0.15) is 0 Å². The van der Waals surface area contributed by atoms with Crippen molar-refractivity contribution in [2.24, 2.45) is 5.41 Å². The molecule has 1 atom stereocenters. The fourth-order valence-corrected chi connectivity index (χ4v) is 4.07. The third kappa shape index (κ3) is 2.55. The molecule has 5 nitrogen and oxygen atoms in total. The predicted molar refractivity (Wildman–Crippen MR) is 84.4 cm³/mol. The molecular weight excluding hydrogens is 326 g/mol. The molecule has 1 unspecified atom stereocenters. The van der Waals surface area contributed by atoms with E-state index in [0.29, 0.717) is 27.8 Å². The van der Waals surface area contributed by atoms with Crippen molar-refractivity contribution in [2.45, 2.75) is 25.4 Å². The molecule has 1 aliphatic carbocycles. The zero-order chi connectivity index (χ0) is 15.7. The van der Waals surface area contributed by atoms with E-state index in [4.69, 9.17) is 21.1 Å². The number of hydrogen-bond acceptors (Lipinski definition) is 6. The summed E-state index contributed by atoms with van der Waals surface area (Å²) < 4.78 is 11.5. The molecule has 1 heterocycles. The van der Waals surface area contributed by atoms with Gasteiger partial charge in [0.2, 0.25) is 0 Å². The minimum absolute atomic E-state index is 0.203. The van der Waals surface area contributed by atoms with Gasteiger partial charge in [0.1, 0.15) is 5.75 Å². The number of rotatable bonds is 6. The minimum atomic E-state index is -0.781. The molecule has 1 N–H and O–H groups in total. The number of aliphatic hydroxyl groups excluding tert-OH is 1. The molecule has 0 bridgehead atoms. The molecule has 0 amide bonds. The maximum atomic E-state index is 10.9. The second-order valence-electron chi connectivity index (χ2n) is 5.56. The van der Waals surface area contributed by atoms with E-state index in [1.807, 2.05) is 6.07 Å². The molecule has 7 heteroatoms. The maximum absolute atomic E-state index is 10.9. The third-order valence-electron chi connectivity index (χ3n) is 4.37. The lowest BCUT2D eigenvalue weighted by atomic mass is 9.64. The van der Waals surface area contributed by atoms with Crippen LogP contribution in [-0.2, 0) is 9.53 Å². The number of aromatic nitrogens is 1. The summed E-state index contributed by atoms with van der Waals surface area (Å²) in [4.78, 5) is 14.8. The first-order valence-electron chi connectivity index (χ1n) is 6.97. The lowest BCUT2D eigenvalue weighted by Crippen LogP contribution is -2.40. The normalized spacial score (nSPS) is 17.8. The molecule has 1 aromatic heterocycles. The molecule has 1 saturated carbocycles. The van der Waals surface area contributed by atoms with Crippen molar-refractivity contribution in [1.82, 2.24) is 4.98 Å². The Hall–Kier alpha value is -1.37. The van der Waals surface area contributed by atoms with Gasteiger partial charge in [-0.1, -0.05) is 18.0 Å². The van der Waals surface area contributed by atoms with Gasteiger partial charge >= 0.3 is 0 Å². The van der Waals surface area contributed by atoms with Gasteiger partial charge in [0.05, 0.1) is 30.0 Å². The summed E-state index contributed by atoms with van der Waals surface area (Å²) >= 11 is 7.36. The maximum Gasteiger partial charge on any atom is 0.293 e. The van der Waals surface area contributed by atoms with Gasteiger partial charge in [0, 0.05) is 11.0 Å². The number of ether oxygens (including phenoxy) is 2. The third-order valence-corrected chi connectivity index (χ3v) is 5.48. The molecule has 3 rings (SSSR count). The zero-order valence-corrected chi connectivity index (χ0v) is 13.6. The number of aliphatic hydroxyl groups is 1. The van der Waals surface area contributed by atoms with Crippen molar-refractivity contribution in [3.05, 3.63) is 22.2 Å². The standard InChI is InChI=1S/C15H16ClNO4S/c1-20-9-5-10(12-11(6-9)22-14(16)17-12)13(19)15(3-2-4-15)7-21-8-18/h5-6,8,13,19H,2-4,7H2,1H3. The zero-order valence-electron chi connectivity index (χ0n) is 12.0. The Kier molecular flexibility index (Phi) is 4.25. The number of fused-ring (bicyclic) bond motifs is 1. The van der Waals surface area contributed by atoms with Gasteiger partial charge in [-0.25, -0.2) is 4.98 Å². The van der Waals surface area contributed by atoms with E-state index in [-0.39, 0.29) is 6.61 Å². The molecular formula is C15H16ClNO4S. The Morgan fingerprint density at radius 1 is 1.55 bits per heavy atom. The van der Waals surface area contributed by atoms with E-state index in [1.54, 1.807) is 13.2 Å². The molecule has 0 radical (unpaired) electrons. The van der Waals surface area contributed by atoms with Crippen LogP contribution in [0.25, 0.3) is 10.2 Å². The fourth-order valence-electron chi connectivity index (χ4n) is 2.99. The average molecular weight is 342 g/mol. The van der Waals surface area contributed by atoms with E-state index >= 15 is 0 Å². The van der Waals surface area contributed by atoms with Crippen LogP contribution in [0.4, 0.5) is 0 Å². The van der Waals surface area contributed by atoms with Crippen molar-refractivity contribution in [1.29, 1.82) is 0 Å². The smallest absolute Gasteiger partial charge is 0.293 e. The van der Waals surface area contributed by atoms with Crippen LogP contribution in [-0.4, -0.2) is 30.3 Å². The second-order valence-corrected chi connectivity index (χ2v) is 7.17. The van der Waals surface area contributed by atoms with Crippen molar-refractivity contribution < 1.29 is 19.4 Å². The van der Waals surface area contributed by atoms with E-state index in [2.05, 4.69) is 4.98 Å². The number of hydrogen-bond donors (Lipinski definition) is 1. The van der Waals surface area contributed by atoms with Gasteiger partial charge in [0.15, 0.2) is 4.47 Å². The van der Waals surface area contributed by atoms with Crippen molar-refractivity contribution >= 4 is 39.6 Å².